The molecule has 0 aromatic heterocycles. The summed E-state index contributed by atoms with van der Waals surface area (Å²) in [6.45, 7) is 2.07. The van der Waals surface area contributed by atoms with E-state index < -0.39 is 16.4 Å². The van der Waals surface area contributed by atoms with Crippen molar-refractivity contribution in [3.05, 3.63) is 63.7 Å². The van der Waals surface area contributed by atoms with Gasteiger partial charge in [-0.1, -0.05) is 0 Å². The lowest BCUT2D eigenvalue weighted by Gasteiger charge is -2.17. The van der Waals surface area contributed by atoms with Gasteiger partial charge in [-0.2, -0.15) is 5.10 Å². The molecule has 134 valence electrons. The first-order valence-electron chi connectivity index (χ1n) is 8.20. The maximum absolute atomic E-state index is 12.1. The molecule has 1 saturated heterocycles. The summed E-state index contributed by atoms with van der Waals surface area (Å²) in [6, 6.07) is 11.1. The summed E-state index contributed by atoms with van der Waals surface area (Å²) in [4.78, 5) is 24.5. The third-order valence-electron chi connectivity index (χ3n) is 4.18. The van der Waals surface area contributed by atoms with E-state index in [1.807, 2.05) is 12.1 Å². The number of hydrogen-bond donors (Lipinski definition) is 2. The molecule has 2 aromatic rings. The first-order chi connectivity index (χ1) is 12.5. The highest BCUT2D eigenvalue weighted by Crippen LogP contribution is 2.25. The first kappa shape index (κ1) is 17.4. The van der Waals surface area contributed by atoms with E-state index in [9.17, 15) is 20.0 Å². The van der Waals surface area contributed by atoms with Crippen molar-refractivity contribution in [1.82, 2.24) is 5.43 Å². The van der Waals surface area contributed by atoms with Crippen LogP contribution < -0.4 is 10.3 Å². The molecular formula is C18H18N4O4. The molecule has 1 aliphatic rings. The quantitative estimate of drug-likeness (QED) is 0.487. The van der Waals surface area contributed by atoms with Gasteiger partial charge in [0.15, 0.2) is 5.75 Å². The van der Waals surface area contributed by atoms with Gasteiger partial charge in [0, 0.05) is 36.0 Å². The minimum Gasteiger partial charge on any atom is -0.502 e. The van der Waals surface area contributed by atoms with Crippen LogP contribution in [-0.4, -0.2) is 35.2 Å². The Bertz CT molecular complexity index is 843. The zero-order valence-electron chi connectivity index (χ0n) is 14.0. The fraction of sp³-hybridized carbons (Fsp3) is 0.222. The standard InChI is InChI=1S/C18H18N4O4/c23-17-8-3-13(11-16(17)22(25)26)12-19-20-18(24)14-4-6-15(7-5-14)21-9-1-2-10-21/h3-8,11-12,23H,1-2,9-10H2,(H,20,24)/b19-12+. The molecule has 0 saturated carbocycles. The Labute approximate surface area is 149 Å². The van der Waals surface area contributed by atoms with E-state index in [0.717, 1.165) is 18.8 Å². The van der Waals surface area contributed by atoms with Crippen LogP contribution in [-0.2, 0) is 0 Å². The van der Waals surface area contributed by atoms with Crippen molar-refractivity contribution < 1.29 is 14.8 Å². The molecule has 1 aliphatic heterocycles. The molecule has 8 heteroatoms. The molecule has 0 aliphatic carbocycles. The molecule has 2 N–H and O–H groups in total. The minimum atomic E-state index is -0.687. The van der Waals surface area contributed by atoms with Crippen molar-refractivity contribution >= 4 is 23.5 Å². The Morgan fingerprint density at radius 2 is 1.88 bits per heavy atom. The van der Waals surface area contributed by atoms with Crippen LogP contribution in [0.4, 0.5) is 11.4 Å². The van der Waals surface area contributed by atoms with Crippen LogP contribution in [0.15, 0.2) is 47.6 Å². The third kappa shape index (κ3) is 3.97. The first-order valence-corrected chi connectivity index (χ1v) is 8.20. The Kier molecular flexibility index (Phi) is 5.12. The SMILES string of the molecule is O=C(N/N=C/c1ccc(O)c([N+](=O)[O-])c1)c1ccc(N2CCCC2)cc1. The van der Waals surface area contributed by atoms with E-state index in [4.69, 9.17) is 0 Å². The number of anilines is 1. The fourth-order valence-corrected chi connectivity index (χ4v) is 2.80. The number of aromatic hydroxyl groups is 1. The smallest absolute Gasteiger partial charge is 0.311 e. The Morgan fingerprint density at radius 1 is 1.19 bits per heavy atom. The van der Waals surface area contributed by atoms with Gasteiger partial charge in [-0.15, -0.1) is 0 Å². The molecule has 0 bridgehead atoms. The number of hydrogen-bond acceptors (Lipinski definition) is 6. The summed E-state index contributed by atoms with van der Waals surface area (Å²) in [5, 5.41) is 24.0. The number of carbonyl (C=O) groups excluding carboxylic acids is 1. The molecule has 0 atom stereocenters. The summed E-state index contributed by atoms with van der Waals surface area (Å²) in [5.41, 5.74) is 3.92. The van der Waals surface area contributed by atoms with Crippen molar-refractivity contribution in [3.8, 4) is 5.75 Å². The maximum Gasteiger partial charge on any atom is 0.311 e. The van der Waals surface area contributed by atoms with Crippen LogP contribution in [0.3, 0.4) is 0 Å². The highest BCUT2D eigenvalue weighted by Gasteiger charge is 2.14. The number of amides is 1. The van der Waals surface area contributed by atoms with E-state index in [2.05, 4.69) is 15.4 Å². The zero-order valence-corrected chi connectivity index (χ0v) is 14.0. The van der Waals surface area contributed by atoms with Gasteiger partial charge in [0.1, 0.15) is 0 Å². The summed E-state index contributed by atoms with van der Waals surface area (Å²) >= 11 is 0. The van der Waals surface area contributed by atoms with Gasteiger partial charge in [-0.05, 0) is 49.2 Å². The van der Waals surface area contributed by atoms with Gasteiger partial charge in [-0.3, -0.25) is 14.9 Å². The number of phenolic OH excluding ortho intramolecular Hbond substituents is 1. The number of nitro groups is 1. The summed E-state index contributed by atoms with van der Waals surface area (Å²) in [5.74, 6) is -0.795. The van der Waals surface area contributed by atoms with Gasteiger partial charge < -0.3 is 10.0 Å². The van der Waals surface area contributed by atoms with Crippen molar-refractivity contribution in [1.29, 1.82) is 0 Å². The van der Waals surface area contributed by atoms with Crippen molar-refractivity contribution in [2.75, 3.05) is 18.0 Å². The van der Waals surface area contributed by atoms with Gasteiger partial charge in [-0.25, -0.2) is 5.43 Å². The van der Waals surface area contributed by atoms with Crippen LogP contribution in [0.1, 0.15) is 28.8 Å². The molecule has 1 amide bonds. The van der Waals surface area contributed by atoms with E-state index in [-0.39, 0.29) is 5.91 Å². The molecule has 0 spiro atoms. The summed E-state index contributed by atoms with van der Waals surface area (Å²) < 4.78 is 0. The molecule has 0 radical (unpaired) electrons. The van der Waals surface area contributed by atoms with Crippen LogP contribution >= 0.6 is 0 Å². The zero-order chi connectivity index (χ0) is 18.5. The number of nitrogens with one attached hydrogen (secondary N) is 1. The van der Waals surface area contributed by atoms with E-state index in [0.29, 0.717) is 11.1 Å². The lowest BCUT2D eigenvalue weighted by Crippen LogP contribution is -2.19. The predicted octanol–water partition coefficient (Wildman–Crippen LogP) is 2.66. The lowest BCUT2D eigenvalue weighted by molar-refractivity contribution is -0.385. The molecule has 3 rings (SSSR count). The molecule has 1 heterocycles. The Hall–Kier alpha value is -3.42. The second-order valence-corrected chi connectivity index (χ2v) is 5.95. The summed E-state index contributed by atoms with van der Waals surface area (Å²) in [6.07, 6.45) is 3.65. The van der Waals surface area contributed by atoms with Gasteiger partial charge in [0.05, 0.1) is 11.1 Å². The monoisotopic (exact) mass is 354 g/mol. The number of nitrogens with zero attached hydrogens (tertiary/aromatic N) is 3. The van der Waals surface area contributed by atoms with Crippen LogP contribution in [0.2, 0.25) is 0 Å². The van der Waals surface area contributed by atoms with Crippen molar-refractivity contribution in [3.63, 3.8) is 0 Å². The van der Waals surface area contributed by atoms with Gasteiger partial charge in [0.25, 0.3) is 5.91 Å². The average molecular weight is 354 g/mol. The highest BCUT2D eigenvalue weighted by atomic mass is 16.6. The Morgan fingerprint density at radius 3 is 2.54 bits per heavy atom. The van der Waals surface area contributed by atoms with Crippen LogP contribution in [0.5, 0.6) is 5.75 Å². The number of phenols is 1. The predicted molar refractivity (Wildman–Crippen MR) is 97.7 cm³/mol. The van der Waals surface area contributed by atoms with E-state index in [1.54, 1.807) is 12.1 Å². The van der Waals surface area contributed by atoms with E-state index in [1.165, 1.54) is 37.3 Å². The number of nitro benzene ring substituents is 1. The van der Waals surface area contributed by atoms with E-state index >= 15 is 0 Å². The number of rotatable bonds is 5. The molecule has 1 fully saturated rings. The normalized spacial score (nSPS) is 13.9. The van der Waals surface area contributed by atoms with Crippen LogP contribution in [0, 0.1) is 10.1 Å². The van der Waals surface area contributed by atoms with Crippen molar-refractivity contribution in [2.45, 2.75) is 12.8 Å². The van der Waals surface area contributed by atoms with Gasteiger partial charge in [0.2, 0.25) is 0 Å². The minimum absolute atomic E-state index is 0.373. The van der Waals surface area contributed by atoms with Crippen LogP contribution in [0.25, 0.3) is 0 Å². The molecule has 26 heavy (non-hydrogen) atoms. The molecule has 0 unspecified atom stereocenters. The lowest BCUT2D eigenvalue weighted by atomic mass is 10.2. The summed E-state index contributed by atoms with van der Waals surface area (Å²) in [7, 11) is 0. The third-order valence-corrected chi connectivity index (χ3v) is 4.18. The number of benzene rings is 2. The number of hydrazone groups is 1. The number of carbonyl (C=O) groups is 1. The highest BCUT2D eigenvalue weighted by molar-refractivity contribution is 5.95. The second kappa shape index (κ2) is 7.64. The molecule has 8 nitrogen and oxygen atoms in total. The van der Waals surface area contributed by atoms with Crippen molar-refractivity contribution in [2.24, 2.45) is 5.10 Å². The molecular weight excluding hydrogens is 336 g/mol. The Balaban J connectivity index is 1.62. The maximum atomic E-state index is 12.1. The van der Waals surface area contributed by atoms with Gasteiger partial charge >= 0.3 is 5.69 Å². The second-order valence-electron chi connectivity index (χ2n) is 5.95. The fourth-order valence-electron chi connectivity index (χ4n) is 2.80. The molecule has 2 aromatic carbocycles. The average Bonchev–Trinajstić information content (AvgIpc) is 3.17. The topological polar surface area (TPSA) is 108 Å². The largest absolute Gasteiger partial charge is 0.502 e.